The van der Waals surface area contributed by atoms with E-state index < -0.39 is 65.8 Å². The molecule has 0 unspecified atom stereocenters. The average Bonchev–Trinajstić information content (AvgIpc) is 3.50. The molecule has 1 amide bonds. The summed E-state index contributed by atoms with van der Waals surface area (Å²) in [6.07, 6.45) is -2.28. The fraction of sp³-hybridized carbons (Fsp3) is 0.538. The third-order valence-electron chi connectivity index (χ3n) is 7.52. The Hall–Kier alpha value is -2.66. The molecule has 2 aromatic rings. The topological polar surface area (TPSA) is 92.5 Å². The molecule has 4 rings (SSSR count). The second-order valence-electron chi connectivity index (χ2n) is 10.2. The van der Waals surface area contributed by atoms with Gasteiger partial charge in [-0.1, -0.05) is 42.1 Å². The van der Waals surface area contributed by atoms with E-state index in [2.05, 4.69) is 5.10 Å². The van der Waals surface area contributed by atoms with Crippen molar-refractivity contribution >= 4 is 40.9 Å². The normalized spacial score (nSPS) is 21.1. The van der Waals surface area contributed by atoms with Gasteiger partial charge in [0.15, 0.2) is 11.5 Å². The number of carboxylic acids is 1. The van der Waals surface area contributed by atoms with Crippen molar-refractivity contribution in [3.8, 4) is 0 Å². The highest BCUT2D eigenvalue weighted by Crippen LogP contribution is 2.40. The lowest BCUT2D eigenvalue weighted by Crippen LogP contribution is -2.45. The summed E-state index contributed by atoms with van der Waals surface area (Å²) in [6, 6.07) is 3.56. The van der Waals surface area contributed by atoms with Crippen molar-refractivity contribution in [3.05, 3.63) is 51.3 Å². The highest BCUT2D eigenvalue weighted by atomic mass is 35.5. The molecular weight excluding hydrogens is 565 g/mol. The first-order chi connectivity index (χ1) is 18.3. The molecule has 13 heteroatoms. The van der Waals surface area contributed by atoms with Crippen LogP contribution < -0.4 is 0 Å². The summed E-state index contributed by atoms with van der Waals surface area (Å²) in [7, 11) is 0. The number of aliphatic carboxylic acids is 1. The number of carboxylic acid groups (broad SMARTS) is 1. The van der Waals surface area contributed by atoms with Gasteiger partial charge in [-0.3, -0.25) is 19.1 Å². The molecule has 0 spiro atoms. The molecule has 0 saturated heterocycles. The standard InChI is InChI=1S/C26H27Cl2F4N3O4/c27-18-4-3-5-19(28)21(18)20(36)13-34(14-25(29)10-1-2-11-25)23(37)17-12-33-35(22(17)26(30,31)32)16-8-6-15(7-9-16)24(38)39/h3-5,12,15-16H,1-2,6-11,13-14H2,(H,38,39). The number of aromatic nitrogens is 2. The number of Topliss-reactive ketones (excluding diaryl/α,β-unsaturated/α-hetero) is 1. The van der Waals surface area contributed by atoms with Crippen LogP contribution in [0.15, 0.2) is 24.4 Å². The van der Waals surface area contributed by atoms with Crippen molar-refractivity contribution in [3.63, 3.8) is 0 Å². The highest BCUT2D eigenvalue weighted by molar-refractivity contribution is 6.40. The number of rotatable bonds is 8. The lowest BCUT2D eigenvalue weighted by atomic mass is 9.86. The molecule has 2 fully saturated rings. The van der Waals surface area contributed by atoms with Crippen LogP contribution in [0.3, 0.4) is 0 Å². The number of alkyl halides is 4. The summed E-state index contributed by atoms with van der Waals surface area (Å²) in [5.41, 5.74) is -4.08. The average molecular weight is 592 g/mol. The van der Waals surface area contributed by atoms with Crippen molar-refractivity contribution in [2.24, 2.45) is 5.92 Å². The molecule has 39 heavy (non-hydrogen) atoms. The van der Waals surface area contributed by atoms with E-state index in [1.165, 1.54) is 18.2 Å². The minimum atomic E-state index is -4.99. The number of carbonyl (C=O) groups excluding carboxylic acids is 2. The molecule has 1 N–H and O–H groups in total. The summed E-state index contributed by atoms with van der Waals surface area (Å²) in [4.78, 5) is 38.8. The third-order valence-corrected chi connectivity index (χ3v) is 8.15. The number of halogens is 6. The van der Waals surface area contributed by atoms with E-state index in [-0.39, 0.29) is 54.1 Å². The first kappa shape index (κ1) is 29.3. The van der Waals surface area contributed by atoms with Crippen LogP contribution in [0.4, 0.5) is 17.6 Å². The van der Waals surface area contributed by atoms with Crippen molar-refractivity contribution in [2.45, 2.75) is 69.3 Å². The molecule has 2 aliphatic rings. The van der Waals surface area contributed by atoms with Gasteiger partial charge in [-0.15, -0.1) is 0 Å². The zero-order valence-corrected chi connectivity index (χ0v) is 22.3. The largest absolute Gasteiger partial charge is 0.481 e. The Morgan fingerprint density at radius 3 is 2.21 bits per heavy atom. The molecule has 1 aromatic carbocycles. The molecule has 1 aromatic heterocycles. The zero-order valence-electron chi connectivity index (χ0n) is 20.8. The van der Waals surface area contributed by atoms with Gasteiger partial charge in [0.25, 0.3) is 5.91 Å². The fourth-order valence-electron chi connectivity index (χ4n) is 5.54. The fourth-order valence-corrected chi connectivity index (χ4v) is 6.15. The number of hydrogen-bond donors (Lipinski definition) is 1. The maximum Gasteiger partial charge on any atom is 0.433 e. The molecule has 212 valence electrons. The maximum atomic E-state index is 15.5. The lowest BCUT2D eigenvalue weighted by molar-refractivity contribution is -0.147. The number of ketones is 1. The van der Waals surface area contributed by atoms with Gasteiger partial charge in [-0.05, 0) is 50.7 Å². The van der Waals surface area contributed by atoms with Crippen molar-refractivity contribution < 1.29 is 37.1 Å². The van der Waals surface area contributed by atoms with Crippen LogP contribution >= 0.6 is 23.2 Å². The minimum absolute atomic E-state index is 0.00325. The first-order valence-electron chi connectivity index (χ1n) is 12.6. The predicted molar refractivity (Wildman–Crippen MR) is 135 cm³/mol. The van der Waals surface area contributed by atoms with E-state index in [4.69, 9.17) is 23.2 Å². The number of benzene rings is 1. The Labute approximate surface area is 232 Å². The molecule has 0 aliphatic heterocycles. The van der Waals surface area contributed by atoms with Gasteiger partial charge in [0.05, 0.1) is 52.4 Å². The van der Waals surface area contributed by atoms with Gasteiger partial charge in [0.2, 0.25) is 0 Å². The molecule has 2 aliphatic carbocycles. The number of carbonyl (C=O) groups is 3. The summed E-state index contributed by atoms with van der Waals surface area (Å²) >= 11 is 12.2. The monoisotopic (exact) mass is 591 g/mol. The van der Waals surface area contributed by atoms with Crippen LogP contribution in [-0.4, -0.2) is 56.2 Å². The van der Waals surface area contributed by atoms with E-state index in [0.717, 1.165) is 15.8 Å². The molecule has 7 nitrogen and oxygen atoms in total. The van der Waals surface area contributed by atoms with E-state index in [1.54, 1.807) is 0 Å². The summed E-state index contributed by atoms with van der Waals surface area (Å²) in [6.45, 7) is -1.31. The molecule has 0 bridgehead atoms. The Bertz CT molecular complexity index is 1230. The van der Waals surface area contributed by atoms with Crippen LogP contribution in [-0.2, 0) is 11.0 Å². The maximum absolute atomic E-state index is 15.5. The van der Waals surface area contributed by atoms with E-state index in [1.807, 2.05) is 0 Å². The van der Waals surface area contributed by atoms with Crippen LogP contribution in [0.25, 0.3) is 0 Å². The predicted octanol–water partition coefficient (Wildman–Crippen LogP) is 6.63. The first-order valence-corrected chi connectivity index (χ1v) is 13.4. The van der Waals surface area contributed by atoms with E-state index >= 15 is 4.39 Å². The van der Waals surface area contributed by atoms with Gasteiger partial charge >= 0.3 is 12.1 Å². The van der Waals surface area contributed by atoms with Gasteiger partial charge in [-0.25, -0.2) is 4.39 Å². The zero-order chi connectivity index (χ0) is 28.5. The van der Waals surface area contributed by atoms with Crippen LogP contribution in [0.2, 0.25) is 10.0 Å². The van der Waals surface area contributed by atoms with Gasteiger partial charge < -0.3 is 10.0 Å². The molecule has 0 atom stereocenters. The molecule has 2 saturated carbocycles. The summed E-state index contributed by atoms with van der Waals surface area (Å²) in [5, 5.41) is 13.1. The minimum Gasteiger partial charge on any atom is -0.481 e. The Morgan fingerprint density at radius 2 is 1.67 bits per heavy atom. The van der Waals surface area contributed by atoms with Crippen LogP contribution in [0, 0.1) is 5.92 Å². The highest BCUT2D eigenvalue weighted by Gasteiger charge is 2.45. The third kappa shape index (κ3) is 6.40. The smallest absolute Gasteiger partial charge is 0.433 e. The Kier molecular flexibility index (Phi) is 8.61. The van der Waals surface area contributed by atoms with Crippen molar-refractivity contribution in [2.75, 3.05) is 13.1 Å². The van der Waals surface area contributed by atoms with Crippen molar-refractivity contribution in [1.82, 2.24) is 14.7 Å². The van der Waals surface area contributed by atoms with Gasteiger partial charge in [0, 0.05) is 0 Å². The Morgan fingerprint density at radius 1 is 1.08 bits per heavy atom. The van der Waals surface area contributed by atoms with Gasteiger partial charge in [-0.2, -0.15) is 18.3 Å². The molecule has 0 radical (unpaired) electrons. The summed E-state index contributed by atoms with van der Waals surface area (Å²) < 4.78 is 59.3. The SMILES string of the molecule is O=C(CN(CC1(F)CCCC1)C(=O)c1cnn(C2CCC(C(=O)O)CC2)c1C(F)(F)F)c1c(Cl)cccc1Cl. The number of nitrogens with zero attached hydrogens (tertiary/aromatic N) is 3. The van der Waals surface area contributed by atoms with Crippen LogP contribution in [0.5, 0.6) is 0 Å². The number of amides is 1. The summed E-state index contributed by atoms with van der Waals surface area (Å²) in [5.74, 6) is -3.59. The second kappa shape index (κ2) is 11.4. The van der Waals surface area contributed by atoms with Crippen LogP contribution in [0.1, 0.15) is 83.8 Å². The lowest BCUT2D eigenvalue weighted by Gasteiger charge is -2.30. The van der Waals surface area contributed by atoms with E-state index in [9.17, 15) is 32.7 Å². The Balaban J connectivity index is 1.68. The molecule has 1 heterocycles. The van der Waals surface area contributed by atoms with Crippen molar-refractivity contribution in [1.29, 1.82) is 0 Å². The quantitative estimate of drug-likeness (QED) is 0.275. The van der Waals surface area contributed by atoms with Gasteiger partial charge in [0.1, 0.15) is 5.67 Å². The van der Waals surface area contributed by atoms with E-state index in [0.29, 0.717) is 12.8 Å². The molecular formula is C26H27Cl2F4N3O4. The number of hydrogen-bond acceptors (Lipinski definition) is 4. The second-order valence-corrected chi connectivity index (χ2v) is 11.0.